The molecule has 1 N–H and O–H groups in total. The van der Waals surface area contributed by atoms with Crippen LogP contribution in [-0.2, 0) is 24.7 Å². The minimum Gasteiger partial charge on any atom is -0.497 e. The van der Waals surface area contributed by atoms with Gasteiger partial charge in [-0.1, -0.05) is 18.2 Å². The third-order valence-electron chi connectivity index (χ3n) is 6.14. The van der Waals surface area contributed by atoms with Crippen molar-refractivity contribution in [2.45, 2.75) is 50.4 Å². The van der Waals surface area contributed by atoms with Crippen molar-refractivity contribution in [1.29, 1.82) is 0 Å². The van der Waals surface area contributed by atoms with Crippen LogP contribution in [0.1, 0.15) is 44.2 Å². The first-order valence-corrected chi connectivity index (χ1v) is 10.5. The highest BCUT2D eigenvalue weighted by Gasteiger charge is 2.62. The molecule has 3 heterocycles. The molecule has 0 bridgehead atoms. The van der Waals surface area contributed by atoms with Crippen LogP contribution < -0.4 is 15.0 Å². The van der Waals surface area contributed by atoms with E-state index < -0.39 is 41.1 Å². The van der Waals surface area contributed by atoms with Gasteiger partial charge in [-0.25, -0.2) is 4.79 Å². The number of anilines is 2. The number of rotatable bonds is 1. The summed E-state index contributed by atoms with van der Waals surface area (Å²) in [5.41, 5.74) is 0.0872. The standard InChI is InChI=1S/C24H24N2O6/c1-23(2,3)32-22(29)26-17-8-6-5-7-14(17)19-18(26)12-24(31-20(19)27)15-11-13(30-4)9-10-16(15)25-21(24)28/h5-11,18-19H,12H2,1-4H3,(H,25,28)/t18?,19?,24-/m1/s1. The van der Waals surface area contributed by atoms with Crippen LogP contribution in [-0.4, -0.2) is 36.7 Å². The molecule has 0 saturated carbocycles. The topological polar surface area (TPSA) is 94.2 Å². The molecule has 2 unspecified atom stereocenters. The van der Waals surface area contributed by atoms with E-state index in [2.05, 4.69) is 5.32 Å². The van der Waals surface area contributed by atoms with E-state index in [9.17, 15) is 14.4 Å². The van der Waals surface area contributed by atoms with Gasteiger partial charge >= 0.3 is 12.1 Å². The largest absolute Gasteiger partial charge is 0.497 e. The number of fused-ring (bicyclic) bond motifs is 5. The molecule has 3 aliphatic rings. The zero-order valence-corrected chi connectivity index (χ0v) is 18.3. The van der Waals surface area contributed by atoms with E-state index in [1.54, 1.807) is 51.1 Å². The Labute approximate surface area is 185 Å². The lowest BCUT2D eigenvalue weighted by atomic mass is 9.79. The van der Waals surface area contributed by atoms with Gasteiger partial charge in [0.05, 0.1) is 18.8 Å². The zero-order chi connectivity index (χ0) is 22.8. The highest BCUT2D eigenvalue weighted by atomic mass is 16.6. The van der Waals surface area contributed by atoms with Crippen molar-refractivity contribution >= 4 is 29.3 Å². The molecule has 1 saturated heterocycles. The number of benzene rings is 2. The van der Waals surface area contributed by atoms with E-state index in [1.165, 1.54) is 12.0 Å². The molecule has 3 aliphatic heterocycles. The Kier molecular flexibility index (Phi) is 4.28. The molecule has 8 heteroatoms. The number of para-hydroxylation sites is 1. The van der Waals surface area contributed by atoms with E-state index in [4.69, 9.17) is 14.2 Å². The molecular weight excluding hydrogens is 412 g/mol. The van der Waals surface area contributed by atoms with Gasteiger partial charge < -0.3 is 19.5 Å². The molecule has 5 rings (SSSR count). The van der Waals surface area contributed by atoms with Gasteiger partial charge in [0.2, 0.25) is 5.60 Å². The lowest BCUT2D eigenvalue weighted by molar-refractivity contribution is -0.176. The molecular formula is C24H24N2O6. The van der Waals surface area contributed by atoms with Gasteiger partial charge in [0.25, 0.3) is 5.91 Å². The van der Waals surface area contributed by atoms with E-state index in [0.29, 0.717) is 28.3 Å². The van der Waals surface area contributed by atoms with Crippen molar-refractivity contribution in [3.8, 4) is 5.75 Å². The van der Waals surface area contributed by atoms with Crippen LogP contribution in [0.3, 0.4) is 0 Å². The highest BCUT2D eigenvalue weighted by molar-refractivity contribution is 6.08. The van der Waals surface area contributed by atoms with Crippen LogP contribution in [0.25, 0.3) is 0 Å². The number of carbonyl (C=O) groups excluding carboxylic acids is 3. The Bertz CT molecular complexity index is 1150. The lowest BCUT2D eigenvalue weighted by Crippen LogP contribution is -2.55. The Morgan fingerprint density at radius 3 is 2.66 bits per heavy atom. The lowest BCUT2D eigenvalue weighted by Gasteiger charge is -2.40. The molecule has 32 heavy (non-hydrogen) atoms. The number of amides is 2. The van der Waals surface area contributed by atoms with Crippen LogP contribution in [0.2, 0.25) is 0 Å². The van der Waals surface area contributed by atoms with Crippen LogP contribution in [0.5, 0.6) is 5.75 Å². The molecule has 2 aromatic rings. The van der Waals surface area contributed by atoms with E-state index in [1.807, 2.05) is 12.1 Å². The summed E-state index contributed by atoms with van der Waals surface area (Å²) >= 11 is 0. The maximum Gasteiger partial charge on any atom is 0.415 e. The molecule has 2 aromatic carbocycles. The summed E-state index contributed by atoms with van der Waals surface area (Å²) in [6, 6.07) is 11.7. The first-order valence-electron chi connectivity index (χ1n) is 10.5. The average molecular weight is 436 g/mol. The summed E-state index contributed by atoms with van der Waals surface area (Å²) in [6.07, 6.45) is -0.463. The average Bonchev–Trinajstić information content (AvgIpc) is 3.19. The SMILES string of the molecule is COc1ccc2c(c1)[C@]1(CC3C(C(=O)O1)c1ccccc1N3C(=O)OC(C)(C)C)C(=O)N2. The predicted octanol–water partition coefficient (Wildman–Crippen LogP) is 3.70. The van der Waals surface area contributed by atoms with Crippen LogP contribution in [0.4, 0.5) is 16.2 Å². The van der Waals surface area contributed by atoms with Gasteiger partial charge in [-0.2, -0.15) is 0 Å². The number of esters is 1. The van der Waals surface area contributed by atoms with Crippen molar-refractivity contribution in [1.82, 2.24) is 0 Å². The number of hydrogen-bond donors (Lipinski definition) is 1. The number of carbonyl (C=O) groups is 3. The molecule has 8 nitrogen and oxygen atoms in total. The minimum absolute atomic E-state index is 0.101. The van der Waals surface area contributed by atoms with Crippen molar-refractivity contribution < 1.29 is 28.6 Å². The number of hydrogen-bond acceptors (Lipinski definition) is 6. The summed E-state index contributed by atoms with van der Waals surface area (Å²) in [5.74, 6) is -1.15. The maximum atomic E-state index is 13.4. The molecule has 0 aliphatic carbocycles. The third-order valence-corrected chi connectivity index (χ3v) is 6.14. The first kappa shape index (κ1) is 20.4. The van der Waals surface area contributed by atoms with Crippen molar-refractivity contribution in [2.75, 3.05) is 17.3 Å². The Hall–Kier alpha value is -3.55. The monoisotopic (exact) mass is 436 g/mol. The van der Waals surface area contributed by atoms with Crippen LogP contribution >= 0.6 is 0 Å². The fourth-order valence-electron chi connectivity index (χ4n) is 4.86. The third kappa shape index (κ3) is 2.86. The quantitative estimate of drug-likeness (QED) is 0.685. The van der Waals surface area contributed by atoms with Gasteiger partial charge in [-0.15, -0.1) is 0 Å². The second-order valence-electron chi connectivity index (χ2n) is 9.27. The minimum atomic E-state index is -1.55. The fraction of sp³-hybridized carbons (Fsp3) is 0.375. The number of methoxy groups -OCH3 is 1. The molecule has 3 atom stereocenters. The Morgan fingerprint density at radius 1 is 1.19 bits per heavy atom. The molecule has 166 valence electrons. The van der Waals surface area contributed by atoms with Gasteiger partial charge in [0, 0.05) is 17.7 Å². The molecule has 0 radical (unpaired) electrons. The van der Waals surface area contributed by atoms with Crippen LogP contribution in [0, 0.1) is 0 Å². The Morgan fingerprint density at radius 2 is 1.94 bits per heavy atom. The predicted molar refractivity (Wildman–Crippen MR) is 116 cm³/mol. The number of nitrogens with zero attached hydrogens (tertiary/aromatic N) is 1. The number of ether oxygens (including phenoxy) is 3. The summed E-state index contributed by atoms with van der Waals surface area (Å²) in [5, 5.41) is 2.81. The summed E-state index contributed by atoms with van der Waals surface area (Å²) in [4.78, 5) is 41.3. The first-order chi connectivity index (χ1) is 15.1. The molecule has 1 fully saturated rings. The number of nitrogens with one attached hydrogen (secondary N) is 1. The van der Waals surface area contributed by atoms with Gasteiger partial charge in [-0.05, 0) is 50.6 Å². The molecule has 2 amide bonds. The second-order valence-corrected chi connectivity index (χ2v) is 9.27. The van der Waals surface area contributed by atoms with E-state index in [-0.39, 0.29) is 6.42 Å². The summed E-state index contributed by atoms with van der Waals surface area (Å²) in [7, 11) is 1.53. The maximum absolute atomic E-state index is 13.4. The van der Waals surface area contributed by atoms with Crippen molar-refractivity contribution in [3.63, 3.8) is 0 Å². The molecule has 0 aromatic heterocycles. The zero-order valence-electron chi connectivity index (χ0n) is 18.3. The van der Waals surface area contributed by atoms with E-state index >= 15 is 0 Å². The van der Waals surface area contributed by atoms with E-state index in [0.717, 1.165) is 0 Å². The molecule has 1 spiro atoms. The Balaban J connectivity index is 1.62. The van der Waals surface area contributed by atoms with Crippen molar-refractivity contribution in [3.05, 3.63) is 53.6 Å². The van der Waals surface area contributed by atoms with Gasteiger partial charge in [-0.3, -0.25) is 14.5 Å². The van der Waals surface area contributed by atoms with Crippen LogP contribution in [0.15, 0.2) is 42.5 Å². The fourth-order valence-corrected chi connectivity index (χ4v) is 4.86. The van der Waals surface area contributed by atoms with Crippen molar-refractivity contribution in [2.24, 2.45) is 0 Å². The summed E-state index contributed by atoms with van der Waals surface area (Å²) in [6.45, 7) is 5.36. The van der Waals surface area contributed by atoms with Gasteiger partial charge in [0.15, 0.2) is 0 Å². The van der Waals surface area contributed by atoms with Gasteiger partial charge in [0.1, 0.15) is 17.3 Å². The smallest absolute Gasteiger partial charge is 0.415 e. The normalized spacial score (nSPS) is 25.6. The summed E-state index contributed by atoms with van der Waals surface area (Å²) < 4.78 is 16.9. The second kappa shape index (κ2) is 6.72. The highest BCUT2D eigenvalue weighted by Crippen LogP contribution is 2.54.